The molecule has 0 amide bonds. The van der Waals surface area contributed by atoms with Gasteiger partial charge in [0, 0.05) is 5.56 Å². The Bertz CT molecular complexity index is 1750. The number of hydrogen-bond donors (Lipinski definition) is 1. The lowest BCUT2D eigenvalue weighted by Gasteiger charge is -2.26. The molecule has 4 aromatic rings. The molecule has 5 rings (SSSR count). The molecule has 0 aliphatic carbocycles. The van der Waals surface area contributed by atoms with E-state index in [1.54, 1.807) is 36.4 Å². The first kappa shape index (κ1) is 25.2. The first-order valence-corrected chi connectivity index (χ1v) is 11.6. The number of hydrogen-bond acceptors (Lipinski definition) is 6. The van der Waals surface area contributed by atoms with Gasteiger partial charge >= 0.3 is 11.8 Å². The van der Waals surface area contributed by atoms with E-state index in [1.807, 2.05) is 13.0 Å². The Hall–Kier alpha value is -4.42. The first-order valence-electron chi connectivity index (χ1n) is 11.2. The van der Waals surface area contributed by atoms with Gasteiger partial charge < -0.3 is 19.6 Å². The second-order valence-electron chi connectivity index (χ2n) is 8.71. The number of nitriles is 1. The van der Waals surface area contributed by atoms with Crippen LogP contribution in [0.3, 0.4) is 0 Å². The van der Waals surface area contributed by atoms with Crippen molar-refractivity contribution in [2.45, 2.75) is 19.0 Å². The quantitative estimate of drug-likeness (QED) is 0.293. The monoisotopic (exact) mass is 538 g/mol. The summed E-state index contributed by atoms with van der Waals surface area (Å²) in [5.74, 6) is -0.775. The number of aryl methyl sites for hydroxylation is 1. The van der Waals surface area contributed by atoms with Gasteiger partial charge in [-0.2, -0.15) is 18.4 Å². The van der Waals surface area contributed by atoms with E-state index in [9.17, 15) is 23.2 Å². The molecule has 0 radical (unpaired) electrons. The van der Waals surface area contributed by atoms with Crippen LogP contribution in [0.15, 0.2) is 75.3 Å². The van der Waals surface area contributed by atoms with Crippen LogP contribution in [0.4, 0.5) is 13.2 Å². The Morgan fingerprint density at radius 3 is 2.55 bits per heavy atom. The Kier molecular flexibility index (Phi) is 6.08. The van der Waals surface area contributed by atoms with E-state index in [0.717, 1.165) is 17.7 Å². The van der Waals surface area contributed by atoms with Gasteiger partial charge in [0.25, 0.3) is 0 Å². The molecule has 1 aliphatic heterocycles. The molecule has 1 aliphatic rings. The van der Waals surface area contributed by atoms with Gasteiger partial charge in [-0.15, -0.1) is 0 Å². The first-order chi connectivity index (χ1) is 18.0. The molecule has 0 bridgehead atoms. The topological polar surface area (TPSA) is 98.5 Å². The van der Waals surface area contributed by atoms with E-state index < -0.39 is 28.3 Å². The third kappa shape index (κ3) is 4.13. The van der Waals surface area contributed by atoms with Gasteiger partial charge in [0.05, 0.1) is 34.6 Å². The van der Waals surface area contributed by atoms with Gasteiger partial charge in [-0.05, 0) is 54.4 Å². The van der Waals surface area contributed by atoms with Gasteiger partial charge in [0.15, 0.2) is 5.75 Å². The van der Waals surface area contributed by atoms with Crippen LogP contribution in [0.2, 0.25) is 5.02 Å². The number of fused-ring (bicyclic) bond motifs is 3. The smallest absolute Gasteiger partial charge is 0.417 e. The van der Waals surface area contributed by atoms with Crippen LogP contribution in [0.5, 0.6) is 11.5 Å². The molecule has 2 N–H and O–H groups in total. The van der Waals surface area contributed by atoms with E-state index in [-0.39, 0.29) is 45.2 Å². The summed E-state index contributed by atoms with van der Waals surface area (Å²) in [5, 5.41) is 9.99. The lowest BCUT2D eigenvalue weighted by Crippen LogP contribution is -2.26. The fourth-order valence-corrected chi connectivity index (χ4v) is 4.83. The molecular formula is C28H18ClF3N2O4. The molecule has 38 heavy (non-hydrogen) atoms. The van der Waals surface area contributed by atoms with Gasteiger partial charge in [-0.25, -0.2) is 4.79 Å². The third-order valence-electron chi connectivity index (χ3n) is 6.36. The zero-order valence-electron chi connectivity index (χ0n) is 19.9. The highest BCUT2D eigenvalue weighted by Gasteiger charge is 2.37. The van der Waals surface area contributed by atoms with Crippen molar-refractivity contribution in [2.75, 3.05) is 7.11 Å². The maximum Gasteiger partial charge on any atom is 0.417 e. The van der Waals surface area contributed by atoms with Crippen molar-refractivity contribution in [2.24, 2.45) is 5.73 Å². The number of methoxy groups -OCH3 is 1. The van der Waals surface area contributed by atoms with Crippen molar-refractivity contribution >= 4 is 22.6 Å². The summed E-state index contributed by atoms with van der Waals surface area (Å²) in [6.07, 6.45) is -4.68. The van der Waals surface area contributed by atoms with E-state index in [0.29, 0.717) is 10.9 Å². The van der Waals surface area contributed by atoms with Gasteiger partial charge in [-0.3, -0.25) is 0 Å². The average molecular weight is 539 g/mol. The van der Waals surface area contributed by atoms with Crippen molar-refractivity contribution < 1.29 is 27.1 Å². The molecule has 0 spiro atoms. The number of nitrogens with zero attached hydrogens (tertiary/aromatic N) is 1. The third-order valence-corrected chi connectivity index (χ3v) is 6.69. The van der Waals surface area contributed by atoms with Crippen molar-refractivity contribution in [1.29, 1.82) is 5.26 Å². The molecule has 1 aromatic heterocycles. The second-order valence-corrected chi connectivity index (χ2v) is 9.12. The Morgan fingerprint density at radius 1 is 1.11 bits per heavy atom. The summed E-state index contributed by atoms with van der Waals surface area (Å²) in [6, 6.07) is 15.4. The molecule has 192 valence electrons. The number of benzene rings is 3. The van der Waals surface area contributed by atoms with Crippen LogP contribution < -0.4 is 20.8 Å². The fraction of sp³-hybridized carbons (Fsp3) is 0.143. The number of rotatable bonds is 3. The molecule has 0 saturated heterocycles. The zero-order chi connectivity index (χ0) is 27.4. The molecule has 0 saturated carbocycles. The number of nitrogens with two attached hydrogens (primary N) is 1. The molecule has 3 aromatic carbocycles. The van der Waals surface area contributed by atoms with Crippen molar-refractivity contribution in [3.8, 4) is 28.7 Å². The van der Waals surface area contributed by atoms with Crippen molar-refractivity contribution in [3.05, 3.63) is 104 Å². The SMILES string of the molecule is COc1ccc(C2C(C#N)=C(N)Oc3c2c(=O)oc2ccc(C)cc32)cc1-c1ccc(Cl)c(C(F)(F)F)c1. The molecular weight excluding hydrogens is 521 g/mol. The highest BCUT2D eigenvalue weighted by molar-refractivity contribution is 6.31. The number of ether oxygens (including phenoxy) is 2. The largest absolute Gasteiger partial charge is 0.496 e. The van der Waals surface area contributed by atoms with Crippen LogP contribution in [-0.2, 0) is 6.18 Å². The van der Waals surface area contributed by atoms with Gasteiger partial charge in [0.1, 0.15) is 23.0 Å². The number of allylic oxidation sites excluding steroid dienone is 1. The minimum atomic E-state index is -4.68. The molecule has 0 fully saturated rings. The van der Waals surface area contributed by atoms with Crippen LogP contribution in [-0.4, -0.2) is 7.11 Å². The number of alkyl halides is 3. The summed E-state index contributed by atoms with van der Waals surface area (Å²) in [5.41, 5.74) is 6.42. The van der Waals surface area contributed by atoms with E-state index in [2.05, 4.69) is 0 Å². The predicted octanol–water partition coefficient (Wildman–Crippen LogP) is 6.67. The van der Waals surface area contributed by atoms with Crippen LogP contribution in [0, 0.1) is 18.3 Å². The highest BCUT2D eigenvalue weighted by Crippen LogP contribution is 2.46. The fourth-order valence-electron chi connectivity index (χ4n) is 4.61. The molecule has 10 heteroatoms. The Morgan fingerprint density at radius 2 is 1.87 bits per heavy atom. The summed E-state index contributed by atoms with van der Waals surface area (Å²) in [4.78, 5) is 13.2. The van der Waals surface area contributed by atoms with Gasteiger partial charge in [-0.1, -0.05) is 35.4 Å². The van der Waals surface area contributed by atoms with Crippen molar-refractivity contribution in [3.63, 3.8) is 0 Å². The molecule has 2 heterocycles. The summed E-state index contributed by atoms with van der Waals surface area (Å²) < 4.78 is 57.5. The Labute approximate surface area is 219 Å². The van der Waals surface area contributed by atoms with E-state index >= 15 is 0 Å². The van der Waals surface area contributed by atoms with Crippen molar-refractivity contribution in [1.82, 2.24) is 0 Å². The lowest BCUT2D eigenvalue weighted by molar-refractivity contribution is -0.137. The minimum absolute atomic E-state index is 0.0417. The predicted molar refractivity (Wildman–Crippen MR) is 135 cm³/mol. The summed E-state index contributed by atoms with van der Waals surface area (Å²) in [6.45, 7) is 1.86. The standard InChI is InChI=1S/C28H18ClF3N2O4/c1-13-3-7-22-17(9-13)25-24(27(35)37-22)23(18(12-33)26(34)38-25)15-5-8-21(36-2)16(10-15)14-4-6-20(29)19(11-14)28(30,31)32/h3-11,23H,34H2,1-2H3. The van der Waals surface area contributed by atoms with E-state index in [4.69, 9.17) is 31.2 Å². The normalized spacial score (nSPS) is 15.1. The zero-order valence-corrected chi connectivity index (χ0v) is 20.7. The maximum atomic E-state index is 13.6. The lowest BCUT2D eigenvalue weighted by atomic mass is 9.82. The molecule has 1 atom stereocenters. The van der Waals surface area contributed by atoms with Crippen LogP contribution >= 0.6 is 11.6 Å². The maximum absolute atomic E-state index is 13.6. The summed E-state index contributed by atoms with van der Waals surface area (Å²) in [7, 11) is 1.38. The van der Waals surface area contributed by atoms with E-state index in [1.165, 1.54) is 13.2 Å². The molecule has 6 nitrogen and oxygen atoms in total. The van der Waals surface area contributed by atoms with Crippen LogP contribution in [0.1, 0.15) is 28.2 Å². The van der Waals surface area contributed by atoms with Gasteiger partial charge in [0.2, 0.25) is 5.88 Å². The minimum Gasteiger partial charge on any atom is -0.496 e. The Balaban J connectivity index is 1.78. The highest BCUT2D eigenvalue weighted by atomic mass is 35.5. The average Bonchev–Trinajstić information content (AvgIpc) is 2.87. The summed E-state index contributed by atoms with van der Waals surface area (Å²) >= 11 is 5.82. The second kappa shape index (κ2) is 9.15. The molecule has 1 unspecified atom stereocenters. The van der Waals surface area contributed by atoms with Crippen LogP contribution in [0.25, 0.3) is 22.1 Å². The number of halogens is 4.